The van der Waals surface area contributed by atoms with Gasteiger partial charge in [-0.15, -0.1) is 0 Å². The van der Waals surface area contributed by atoms with Crippen molar-refractivity contribution in [2.75, 3.05) is 6.61 Å². The third-order valence-electron chi connectivity index (χ3n) is 4.48. The molecule has 1 fully saturated rings. The average Bonchev–Trinajstić information content (AvgIpc) is 2.63. The van der Waals surface area contributed by atoms with Crippen LogP contribution in [0.5, 0.6) is 0 Å². The first-order chi connectivity index (χ1) is 7.77. The highest BCUT2D eigenvalue weighted by Crippen LogP contribution is 2.65. The first-order valence-corrected chi connectivity index (χ1v) is 6.44. The first-order valence-electron chi connectivity index (χ1n) is 6.44. The molecule has 1 aromatic rings. The smallest absolute Gasteiger partial charge is 0.0635 e. The molecule has 3 heteroatoms. The van der Waals surface area contributed by atoms with E-state index in [2.05, 4.69) is 51.3 Å². The number of hydrogen-bond donors (Lipinski definition) is 1. The molecule has 1 heterocycles. The predicted octanol–water partition coefficient (Wildman–Crippen LogP) is 2.74. The number of aromatic nitrogens is 2. The number of hydrogen-bond acceptors (Lipinski definition) is 2. The van der Waals surface area contributed by atoms with Crippen molar-refractivity contribution in [1.29, 1.82) is 0 Å². The maximum Gasteiger partial charge on any atom is 0.0635 e. The Morgan fingerprint density at radius 2 is 1.88 bits per heavy atom. The summed E-state index contributed by atoms with van der Waals surface area (Å²) in [5, 5.41) is 14.4. The maximum absolute atomic E-state index is 9.81. The van der Waals surface area contributed by atoms with E-state index in [-0.39, 0.29) is 17.4 Å². The number of rotatable bonds is 3. The number of nitrogens with zero attached hydrogens (tertiary/aromatic N) is 2. The second-order valence-electron chi connectivity index (χ2n) is 6.39. The van der Waals surface area contributed by atoms with Gasteiger partial charge in [0.05, 0.1) is 12.3 Å². The van der Waals surface area contributed by atoms with Gasteiger partial charge in [-0.2, -0.15) is 5.10 Å². The second kappa shape index (κ2) is 3.58. The van der Waals surface area contributed by atoms with Crippen molar-refractivity contribution >= 4 is 0 Å². The molecular formula is C14H24N2O. The Balaban J connectivity index is 2.54. The Labute approximate surface area is 104 Å². The monoisotopic (exact) mass is 236 g/mol. The van der Waals surface area contributed by atoms with Crippen molar-refractivity contribution in [1.82, 2.24) is 9.78 Å². The summed E-state index contributed by atoms with van der Waals surface area (Å²) in [5.41, 5.74) is 3.71. The van der Waals surface area contributed by atoms with Crippen LogP contribution in [-0.2, 0) is 5.41 Å². The fourth-order valence-corrected chi connectivity index (χ4v) is 3.34. The molecule has 0 saturated heterocycles. The van der Waals surface area contributed by atoms with Gasteiger partial charge in [0.15, 0.2) is 0 Å². The van der Waals surface area contributed by atoms with Gasteiger partial charge in [-0.25, -0.2) is 0 Å². The normalized spacial score (nSPS) is 26.6. The number of aryl methyl sites for hydroxylation is 1. The van der Waals surface area contributed by atoms with Crippen molar-refractivity contribution in [3.63, 3.8) is 0 Å². The van der Waals surface area contributed by atoms with Crippen molar-refractivity contribution in [3.05, 3.63) is 17.0 Å². The van der Waals surface area contributed by atoms with Gasteiger partial charge in [-0.05, 0) is 39.5 Å². The minimum Gasteiger partial charge on any atom is -0.395 e. The molecule has 1 N–H and O–H groups in total. The Morgan fingerprint density at radius 3 is 2.18 bits per heavy atom. The standard InChI is InChI=1S/C14H24N2O/c1-9(2)16-11(4)12(10(3)15-16)14(8-17)7-13(14,5)6/h9,17H,7-8H2,1-6H3. The highest BCUT2D eigenvalue weighted by atomic mass is 16.3. The van der Waals surface area contributed by atoms with Crippen molar-refractivity contribution in [2.45, 2.75) is 59.4 Å². The van der Waals surface area contributed by atoms with Crippen molar-refractivity contribution in [2.24, 2.45) is 5.41 Å². The molecule has 1 unspecified atom stereocenters. The van der Waals surface area contributed by atoms with Crippen LogP contribution < -0.4 is 0 Å². The van der Waals surface area contributed by atoms with Crippen LogP contribution in [0.1, 0.15) is 57.1 Å². The van der Waals surface area contributed by atoms with Crippen molar-refractivity contribution < 1.29 is 5.11 Å². The van der Waals surface area contributed by atoms with Crippen LogP contribution in [0.2, 0.25) is 0 Å². The molecule has 2 rings (SSSR count). The van der Waals surface area contributed by atoms with E-state index in [4.69, 9.17) is 0 Å². The molecule has 1 atom stereocenters. The molecule has 1 saturated carbocycles. The van der Waals surface area contributed by atoms with Gasteiger partial charge in [0, 0.05) is 22.7 Å². The fourth-order valence-electron chi connectivity index (χ4n) is 3.34. The lowest BCUT2D eigenvalue weighted by atomic mass is 9.87. The number of aliphatic hydroxyl groups is 1. The maximum atomic E-state index is 9.81. The topological polar surface area (TPSA) is 38.0 Å². The Kier molecular flexibility index (Phi) is 2.66. The summed E-state index contributed by atoms with van der Waals surface area (Å²) >= 11 is 0. The van der Waals surface area contributed by atoms with Gasteiger partial charge in [-0.3, -0.25) is 4.68 Å². The highest BCUT2D eigenvalue weighted by molar-refractivity contribution is 5.43. The van der Waals surface area contributed by atoms with E-state index >= 15 is 0 Å². The first kappa shape index (κ1) is 12.6. The lowest BCUT2D eigenvalue weighted by molar-refractivity contribution is 0.230. The van der Waals surface area contributed by atoms with Gasteiger partial charge >= 0.3 is 0 Å². The van der Waals surface area contributed by atoms with E-state index in [1.54, 1.807) is 0 Å². The molecule has 1 aliphatic rings. The van der Waals surface area contributed by atoms with Crippen LogP contribution in [-0.4, -0.2) is 21.5 Å². The lowest BCUT2D eigenvalue weighted by Crippen LogP contribution is -2.21. The summed E-state index contributed by atoms with van der Waals surface area (Å²) in [7, 11) is 0. The summed E-state index contributed by atoms with van der Waals surface area (Å²) in [6.07, 6.45) is 1.06. The van der Waals surface area contributed by atoms with Crippen LogP contribution in [0.25, 0.3) is 0 Å². The lowest BCUT2D eigenvalue weighted by Gasteiger charge is -2.19. The summed E-state index contributed by atoms with van der Waals surface area (Å²) in [5.74, 6) is 0. The fraction of sp³-hybridized carbons (Fsp3) is 0.786. The average molecular weight is 236 g/mol. The van der Waals surface area contributed by atoms with E-state index in [0.29, 0.717) is 6.04 Å². The van der Waals surface area contributed by atoms with Gasteiger partial charge in [0.1, 0.15) is 0 Å². The molecule has 0 bridgehead atoms. The zero-order valence-electron chi connectivity index (χ0n) is 11.8. The van der Waals surface area contributed by atoms with Gasteiger partial charge in [-0.1, -0.05) is 13.8 Å². The Morgan fingerprint density at radius 1 is 1.35 bits per heavy atom. The predicted molar refractivity (Wildman–Crippen MR) is 69.2 cm³/mol. The van der Waals surface area contributed by atoms with Crippen LogP contribution in [0, 0.1) is 19.3 Å². The molecule has 0 amide bonds. The molecule has 0 spiro atoms. The van der Waals surface area contributed by atoms with Gasteiger partial charge in [0.2, 0.25) is 0 Å². The van der Waals surface area contributed by atoms with Gasteiger partial charge in [0.25, 0.3) is 0 Å². The van der Waals surface area contributed by atoms with E-state index in [9.17, 15) is 5.11 Å². The van der Waals surface area contributed by atoms with E-state index < -0.39 is 0 Å². The molecule has 96 valence electrons. The molecular weight excluding hydrogens is 212 g/mol. The molecule has 1 aromatic heterocycles. The summed E-state index contributed by atoms with van der Waals surface area (Å²) in [4.78, 5) is 0. The zero-order valence-corrected chi connectivity index (χ0v) is 11.8. The van der Waals surface area contributed by atoms with Crippen LogP contribution >= 0.6 is 0 Å². The number of aliphatic hydroxyl groups excluding tert-OH is 1. The van der Waals surface area contributed by atoms with E-state index in [1.165, 1.54) is 11.3 Å². The van der Waals surface area contributed by atoms with Crippen LogP contribution in [0.4, 0.5) is 0 Å². The quantitative estimate of drug-likeness (QED) is 0.876. The Bertz CT molecular complexity index is 445. The SMILES string of the molecule is Cc1nn(C(C)C)c(C)c1C1(CO)CC1(C)C. The second-order valence-corrected chi connectivity index (χ2v) is 6.39. The molecule has 0 radical (unpaired) electrons. The minimum atomic E-state index is -0.0612. The largest absolute Gasteiger partial charge is 0.395 e. The Hall–Kier alpha value is -0.830. The third kappa shape index (κ3) is 1.55. The summed E-state index contributed by atoms with van der Waals surface area (Å²) in [6, 6.07) is 0.375. The summed E-state index contributed by atoms with van der Waals surface area (Å²) in [6.45, 7) is 13.2. The molecule has 0 aromatic carbocycles. The minimum absolute atomic E-state index is 0.0612. The molecule has 3 nitrogen and oxygen atoms in total. The summed E-state index contributed by atoms with van der Waals surface area (Å²) < 4.78 is 2.08. The molecule has 17 heavy (non-hydrogen) atoms. The zero-order chi connectivity index (χ0) is 13.0. The van der Waals surface area contributed by atoms with Crippen LogP contribution in [0.15, 0.2) is 0 Å². The highest BCUT2D eigenvalue weighted by Gasteiger charge is 2.63. The van der Waals surface area contributed by atoms with E-state index in [0.717, 1.165) is 12.1 Å². The molecule has 1 aliphatic carbocycles. The van der Waals surface area contributed by atoms with Gasteiger partial charge < -0.3 is 5.11 Å². The third-order valence-corrected chi connectivity index (χ3v) is 4.48. The van der Waals surface area contributed by atoms with Crippen molar-refractivity contribution in [3.8, 4) is 0 Å². The van der Waals surface area contributed by atoms with Crippen LogP contribution in [0.3, 0.4) is 0 Å². The van der Waals surface area contributed by atoms with E-state index in [1.807, 2.05) is 0 Å². The molecule has 0 aliphatic heterocycles.